The van der Waals surface area contributed by atoms with E-state index in [0.717, 1.165) is 11.1 Å². The van der Waals surface area contributed by atoms with Gasteiger partial charge in [-0.25, -0.2) is 0 Å². The SMILES string of the molecule is COc1ccc(-c2ccncc2N)cc1OC. The van der Waals surface area contributed by atoms with Gasteiger partial charge in [0, 0.05) is 11.8 Å². The lowest BCUT2D eigenvalue weighted by Gasteiger charge is -2.10. The van der Waals surface area contributed by atoms with Crippen molar-refractivity contribution in [3.8, 4) is 22.6 Å². The Labute approximate surface area is 100 Å². The highest BCUT2D eigenvalue weighted by molar-refractivity contribution is 5.77. The largest absolute Gasteiger partial charge is 0.493 e. The fourth-order valence-electron chi connectivity index (χ4n) is 1.67. The van der Waals surface area contributed by atoms with Crippen molar-refractivity contribution in [2.45, 2.75) is 0 Å². The average molecular weight is 230 g/mol. The summed E-state index contributed by atoms with van der Waals surface area (Å²) >= 11 is 0. The third-order valence-corrected chi connectivity index (χ3v) is 2.55. The summed E-state index contributed by atoms with van der Waals surface area (Å²) in [4.78, 5) is 3.97. The Bertz CT molecular complexity index is 527. The molecule has 0 aliphatic rings. The summed E-state index contributed by atoms with van der Waals surface area (Å²) in [5, 5.41) is 0. The van der Waals surface area contributed by atoms with Crippen molar-refractivity contribution in [2.75, 3.05) is 20.0 Å². The number of benzene rings is 1. The van der Waals surface area contributed by atoms with Crippen molar-refractivity contribution >= 4 is 5.69 Å². The highest BCUT2D eigenvalue weighted by Crippen LogP contribution is 2.33. The van der Waals surface area contributed by atoms with E-state index < -0.39 is 0 Å². The average Bonchev–Trinajstić information content (AvgIpc) is 2.38. The van der Waals surface area contributed by atoms with Crippen LogP contribution in [0.2, 0.25) is 0 Å². The molecule has 1 aromatic heterocycles. The number of hydrogen-bond acceptors (Lipinski definition) is 4. The quantitative estimate of drug-likeness (QED) is 0.879. The summed E-state index contributed by atoms with van der Waals surface area (Å²) in [5.74, 6) is 1.38. The molecular weight excluding hydrogens is 216 g/mol. The predicted octanol–water partition coefficient (Wildman–Crippen LogP) is 2.35. The zero-order valence-corrected chi connectivity index (χ0v) is 9.81. The van der Waals surface area contributed by atoms with Gasteiger partial charge >= 0.3 is 0 Å². The molecule has 0 aliphatic heterocycles. The molecule has 2 rings (SSSR count). The summed E-state index contributed by atoms with van der Waals surface area (Å²) in [6, 6.07) is 7.56. The van der Waals surface area contributed by atoms with Gasteiger partial charge in [-0.1, -0.05) is 6.07 Å². The van der Waals surface area contributed by atoms with E-state index in [1.54, 1.807) is 26.6 Å². The number of pyridine rings is 1. The van der Waals surface area contributed by atoms with E-state index in [-0.39, 0.29) is 0 Å². The molecule has 4 heteroatoms. The Morgan fingerprint density at radius 2 is 1.82 bits per heavy atom. The minimum Gasteiger partial charge on any atom is -0.493 e. The molecule has 1 aromatic carbocycles. The minimum atomic E-state index is 0.639. The van der Waals surface area contributed by atoms with E-state index in [1.807, 2.05) is 24.3 Å². The highest BCUT2D eigenvalue weighted by Gasteiger charge is 2.07. The maximum absolute atomic E-state index is 5.88. The number of nitrogens with zero attached hydrogens (tertiary/aromatic N) is 1. The van der Waals surface area contributed by atoms with Crippen molar-refractivity contribution in [3.05, 3.63) is 36.7 Å². The van der Waals surface area contributed by atoms with Crippen molar-refractivity contribution < 1.29 is 9.47 Å². The Kier molecular flexibility index (Phi) is 3.14. The maximum atomic E-state index is 5.88. The van der Waals surface area contributed by atoms with Crippen LogP contribution in [0.5, 0.6) is 11.5 Å². The molecule has 0 bridgehead atoms. The number of anilines is 1. The van der Waals surface area contributed by atoms with Gasteiger partial charge in [-0.05, 0) is 23.8 Å². The first-order valence-corrected chi connectivity index (χ1v) is 5.18. The van der Waals surface area contributed by atoms with Crippen LogP contribution in [-0.2, 0) is 0 Å². The first-order chi connectivity index (χ1) is 8.26. The third-order valence-electron chi connectivity index (χ3n) is 2.55. The molecular formula is C13H14N2O2. The lowest BCUT2D eigenvalue weighted by atomic mass is 10.1. The van der Waals surface area contributed by atoms with Gasteiger partial charge in [0.15, 0.2) is 11.5 Å². The molecule has 4 nitrogen and oxygen atoms in total. The molecule has 0 saturated carbocycles. The normalized spacial score (nSPS) is 10.0. The predicted molar refractivity (Wildman–Crippen MR) is 67.2 cm³/mol. The second-order valence-corrected chi connectivity index (χ2v) is 3.53. The van der Waals surface area contributed by atoms with Gasteiger partial charge in [0.25, 0.3) is 0 Å². The van der Waals surface area contributed by atoms with Crippen LogP contribution in [0.15, 0.2) is 36.7 Å². The van der Waals surface area contributed by atoms with Crippen LogP contribution in [0.1, 0.15) is 0 Å². The lowest BCUT2D eigenvalue weighted by molar-refractivity contribution is 0.355. The number of rotatable bonds is 3. The molecule has 88 valence electrons. The summed E-state index contributed by atoms with van der Waals surface area (Å²) in [6.07, 6.45) is 3.34. The number of hydrogen-bond donors (Lipinski definition) is 1. The van der Waals surface area contributed by atoms with Crippen LogP contribution in [0.25, 0.3) is 11.1 Å². The fraction of sp³-hybridized carbons (Fsp3) is 0.154. The molecule has 1 heterocycles. The number of ether oxygens (including phenoxy) is 2. The van der Waals surface area contributed by atoms with Crippen LogP contribution < -0.4 is 15.2 Å². The van der Waals surface area contributed by atoms with E-state index >= 15 is 0 Å². The van der Waals surface area contributed by atoms with Gasteiger partial charge in [-0.15, -0.1) is 0 Å². The van der Waals surface area contributed by atoms with Gasteiger partial charge in [0.1, 0.15) is 0 Å². The second kappa shape index (κ2) is 4.74. The number of methoxy groups -OCH3 is 2. The molecule has 0 saturated heterocycles. The highest BCUT2D eigenvalue weighted by atomic mass is 16.5. The van der Waals surface area contributed by atoms with E-state index in [4.69, 9.17) is 15.2 Å². The first kappa shape index (κ1) is 11.3. The standard InChI is InChI=1S/C13H14N2O2/c1-16-12-4-3-9(7-13(12)17-2)10-5-6-15-8-11(10)14/h3-8H,14H2,1-2H3. The molecule has 0 amide bonds. The van der Waals surface area contributed by atoms with Crippen LogP contribution in [0.4, 0.5) is 5.69 Å². The van der Waals surface area contributed by atoms with Gasteiger partial charge < -0.3 is 15.2 Å². The van der Waals surface area contributed by atoms with Crippen molar-refractivity contribution in [3.63, 3.8) is 0 Å². The first-order valence-electron chi connectivity index (χ1n) is 5.18. The summed E-state index contributed by atoms with van der Waals surface area (Å²) in [6.45, 7) is 0. The van der Waals surface area contributed by atoms with E-state index in [1.165, 1.54) is 0 Å². The lowest BCUT2D eigenvalue weighted by Crippen LogP contribution is -1.93. The summed E-state index contributed by atoms with van der Waals surface area (Å²) in [7, 11) is 3.22. The van der Waals surface area contributed by atoms with Crippen LogP contribution in [-0.4, -0.2) is 19.2 Å². The minimum absolute atomic E-state index is 0.639. The molecule has 0 atom stereocenters. The van der Waals surface area contributed by atoms with E-state index in [9.17, 15) is 0 Å². The Morgan fingerprint density at radius 1 is 1.06 bits per heavy atom. The monoisotopic (exact) mass is 230 g/mol. The third kappa shape index (κ3) is 2.15. The van der Waals surface area contributed by atoms with Gasteiger partial charge in [-0.2, -0.15) is 0 Å². The Morgan fingerprint density at radius 3 is 2.47 bits per heavy atom. The Hall–Kier alpha value is -2.23. The van der Waals surface area contributed by atoms with E-state index in [2.05, 4.69) is 4.98 Å². The maximum Gasteiger partial charge on any atom is 0.161 e. The zero-order valence-electron chi connectivity index (χ0n) is 9.81. The van der Waals surface area contributed by atoms with Crippen molar-refractivity contribution in [2.24, 2.45) is 0 Å². The molecule has 0 unspecified atom stereocenters. The number of nitrogen functional groups attached to an aromatic ring is 1. The molecule has 17 heavy (non-hydrogen) atoms. The molecule has 0 spiro atoms. The Balaban J connectivity index is 2.50. The van der Waals surface area contributed by atoms with Crippen molar-refractivity contribution in [1.29, 1.82) is 0 Å². The van der Waals surface area contributed by atoms with Crippen LogP contribution in [0.3, 0.4) is 0 Å². The molecule has 2 N–H and O–H groups in total. The fourth-order valence-corrected chi connectivity index (χ4v) is 1.67. The smallest absolute Gasteiger partial charge is 0.161 e. The van der Waals surface area contributed by atoms with Gasteiger partial charge in [0.2, 0.25) is 0 Å². The molecule has 2 aromatic rings. The van der Waals surface area contributed by atoms with Crippen molar-refractivity contribution in [1.82, 2.24) is 4.98 Å². The number of aromatic nitrogens is 1. The molecule has 0 fully saturated rings. The topological polar surface area (TPSA) is 57.4 Å². The zero-order chi connectivity index (χ0) is 12.3. The summed E-state index contributed by atoms with van der Waals surface area (Å²) < 4.78 is 10.4. The van der Waals surface area contributed by atoms with Crippen LogP contribution >= 0.6 is 0 Å². The molecule has 0 radical (unpaired) electrons. The van der Waals surface area contributed by atoms with Gasteiger partial charge in [-0.3, -0.25) is 4.98 Å². The number of nitrogens with two attached hydrogens (primary N) is 1. The van der Waals surface area contributed by atoms with E-state index in [0.29, 0.717) is 17.2 Å². The summed E-state index contributed by atoms with van der Waals surface area (Å²) in [5.41, 5.74) is 8.42. The van der Waals surface area contributed by atoms with Gasteiger partial charge in [0.05, 0.1) is 26.1 Å². The molecule has 0 aliphatic carbocycles. The second-order valence-electron chi connectivity index (χ2n) is 3.53. The van der Waals surface area contributed by atoms with Crippen LogP contribution in [0, 0.1) is 0 Å².